The monoisotopic (exact) mass is 516 g/mol. The molecule has 1 aliphatic heterocycles. The van der Waals surface area contributed by atoms with Crippen LogP contribution in [0.25, 0.3) is 11.1 Å². The summed E-state index contributed by atoms with van der Waals surface area (Å²) in [7, 11) is 0. The molecule has 2 aliphatic rings. The van der Waals surface area contributed by atoms with E-state index in [9.17, 15) is 22.8 Å². The van der Waals surface area contributed by atoms with Crippen LogP contribution in [-0.4, -0.2) is 39.8 Å². The highest BCUT2D eigenvalue weighted by atomic mass is 19.4. The molecule has 1 aromatic carbocycles. The summed E-state index contributed by atoms with van der Waals surface area (Å²) in [5.41, 5.74) is 6.36. The molecule has 1 aliphatic carbocycles. The molecular formula is C28H35F3N4O2. The summed E-state index contributed by atoms with van der Waals surface area (Å²) >= 11 is 0. The lowest BCUT2D eigenvalue weighted by Crippen LogP contribution is -2.58. The molecule has 2 atom stereocenters. The van der Waals surface area contributed by atoms with Gasteiger partial charge in [0.25, 0.3) is 0 Å². The zero-order chi connectivity index (χ0) is 26.8. The van der Waals surface area contributed by atoms with Gasteiger partial charge in [-0.15, -0.1) is 0 Å². The van der Waals surface area contributed by atoms with Gasteiger partial charge in [-0.2, -0.15) is 13.2 Å². The summed E-state index contributed by atoms with van der Waals surface area (Å²) < 4.78 is 38.9. The number of carbonyl (C=O) groups excluding carboxylic acids is 2. The topological polar surface area (TPSA) is 88.3 Å². The van der Waals surface area contributed by atoms with Crippen molar-refractivity contribution < 1.29 is 22.8 Å². The van der Waals surface area contributed by atoms with E-state index in [1.165, 1.54) is 12.1 Å². The average Bonchev–Trinajstić information content (AvgIpc) is 3.36. The summed E-state index contributed by atoms with van der Waals surface area (Å²) in [6, 6.07) is 6.02. The molecule has 2 amide bonds. The Balaban J connectivity index is 1.58. The maximum absolute atomic E-state index is 13.9. The van der Waals surface area contributed by atoms with Gasteiger partial charge in [-0.1, -0.05) is 31.4 Å². The van der Waals surface area contributed by atoms with Crippen molar-refractivity contribution in [2.75, 3.05) is 6.54 Å². The average molecular weight is 517 g/mol. The number of rotatable bonds is 6. The van der Waals surface area contributed by atoms with Gasteiger partial charge in [0.1, 0.15) is 6.04 Å². The van der Waals surface area contributed by atoms with Crippen LogP contribution in [0.2, 0.25) is 0 Å². The maximum atomic E-state index is 13.9. The largest absolute Gasteiger partial charge is 0.416 e. The van der Waals surface area contributed by atoms with Crippen molar-refractivity contribution in [2.45, 2.75) is 82.6 Å². The Morgan fingerprint density at radius 1 is 1.00 bits per heavy atom. The standard InChI is InChI=1S/C28H35F3N4O2/c1-27(2,32)26(37)34-24(19-7-4-3-5-8-19)25(36)35-14-6-9-23(35)21-15-20(16-33-17-21)18-10-12-22(13-11-18)28(29,30)31/h10-13,15-17,19,23-24H,3-9,14,32H2,1-2H3,(H,34,37). The van der Waals surface area contributed by atoms with Crippen LogP contribution in [0.3, 0.4) is 0 Å². The number of carbonyl (C=O) groups is 2. The zero-order valence-electron chi connectivity index (χ0n) is 21.4. The molecule has 9 heteroatoms. The second kappa shape index (κ2) is 10.8. The van der Waals surface area contributed by atoms with Gasteiger partial charge in [-0.05, 0) is 74.8 Å². The predicted molar refractivity (Wildman–Crippen MR) is 135 cm³/mol. The number of alkyl halides is 3. The van der Waals surface area contributed by atoms with Crippen molar-refractivity contribution in [3.63, 3.8) is 0 Å². The molecule has 1 saturated carbocycles. The molecule has 4 rings (SSSR count). The minimum Gasteiger partial charge on any atom is -0.342 e. The van der Waals surface area contributed by atoms with Crippen LogP contribution in [0.15, 0.2) is 42.7 Å². The molecule has 6 nitrogen and oxygen atoms in total. The summed E-state index contributed by atoms with van der Waals surface area (Å²) in [5, 5.41) is 2.97. The van der Waals surface area contributed by atoms with E-state index < -0.39 is 23.3 Å². The number of halogens is 3. The van der Waals surface area contributed by atoms with Crippen LogP contribution in [0.4, 0.5) is 13.2 Å². The van der Waals surface area contributed by atoms with Crippen LogP contribution < -0.4 is 11.1 Å². The van der Waals surface area contributed by atoms with Gasteiger partial charge in [0.15, 0.2) is 0 Å². The van der Waals surface area contributed by atoms with Crippen molar-refractivity contribution in [3.8, 4) is 11.1 Å². The SMILES string of the molecule is CC(C)(N)C(=O)NC(C(=O)N1CCCC1c1cncc(-c2ccc(C(F)(F)F)cc2)c1)C1CCCCC1. The highest BCUT2D eigenvalue weighted by molar-refractivity contribution is 5.92. The van der Waals surface area contributed by atoms with E-state index in [0.717, 1.165) is 62.6 Å². The molecule has 0 spiro atoms. The van der Waals surface area contributed by atoms with Crippen LogP contribution in [0.5, 0.6) is 0 Å². The fourth-order valence-electron chi connectivity index (χ4n) is 5.38. The normalized spacial score (nSPS) is 20.1. The lowest BCUT2D eigenvalue weighted by atomic mass is 9.82. The van der Waals surface area contributed by atoms with Crippen molar-refractivity contribution in [1.29, 1.82) is 0 Å². The number of nitrogens with one attached hydrogen (secondary N) is 1. The van der Waals surface area contributed by atoms with E-state index in [-0.39, 0.29) is 23.8 Å². The van der Waals surface area contributed by atoms with Gasteiger partial charge in [0, 0.05) is 24.5 Å². The summed E-state index contributed by atoms with van der Waals surface area (Å²) in [4.78, 5) is 32.9. The first-order valence-electron chi connectivity index (χ1n) is 13.0. The number of hydrogen-bond donors (Lipinski definition) is 2. The van der Waals surface area contributed by atoms with Crippen molar-refractivity contribution in [1.82, 2.24) is 15.2 Å². The van der Waals surface area contributed by atoms with E-state index in [1.54, 1.807) is 26.2 Å². The Bertz CT molecular complexity index is 1110. The predicted octanol–water partition coefficient (Wildman–Crippen LogP) is 5.23. The summed E-state index contributed by atoms with van der Waals surface area (Å²) in [5.74, 6) is -0.393. The van der Waals surface area contributed by atoms with E-state index in [4.69, 9.17) is 5.73 Å². The number of hydrogen-bond acceptors (Lipinski definition) is 4. The summed E-state index contributed by atoms with van der Waals surface area (Å²) in [6.45, 7) is 3.82. The molecule has 2 heterocycles. The third kappa shape index (κ3) is 6.32. The van der Waals surface area contributed by atoms with Gasteiger partial charge in [0.05, 0.1) is 17.1 Å². The first-order valence-corrected chi connectivity index (χ1v) is 13.0. The number of amides is 2. The number of aromatic nitrogens is 1. The minimum absolute atomic E-state index is 0.0606. The fraction of sp³-hybridized carbons (Fsp3) is 0.536. The quantitative estimate of drug-likeness (QED) is 0.550. The van der Waals surface area contributed by atoms with Gasteiger partial charge in [0.2, 0.25) is 11.8 Å². The van der Waals surface area contributed by atoms with Gasteiger partial charge in [-0.3, -0.25) is 14.6 Å². The molecular weight excluding hydrogens is 481 g/mol. The molecule has 2 aromatic rings. The number of nitrogens with two attached hydrogens (primary N) is 1. The highest BCUT2D eigenvalue weighted by Gasteiger charge is 2.40. The minimum atomic E-state index is -4.40. The van der Waals surface area contributed by atoms with E-state index in [0.29, 0.717) is 17.7 Å². The fourth-order valence-corrected chi connectivity index (χ4v) is 5.38. The summed E-state index contributed by atoms with van der Waals surface area (Å²) in [6.07, 6.45) is 5.43. The Morgan fingerprint density at radius 3 is 2.30 bits per heavy atom. The van der Waals surface area contributed by atoms with Crippen molar-refractivity contribution in [2.24, 2.45) is 11.7 Å². The lowest BCUT2D eigenvalue weighted by Gasteiger charge is -2.36. The molecule has 1 saturated heterocycles. The molecule has 3 N–H and O–H groups in total. The van der Waals surface area contributed by atoms with E-state index in [2.05, 4.69) is 10.3 Å². The molecule has 2 unspecified atom stereocenters. The Labute approximate surface area is 215 Å². The zero-order valence-corrected chi connectivity index (χ0v) is 21.4. The second-order valence-corrected chi connectivity index (χ2v) is 10.8. The van der Waals surface area contributed by atoms with Crippen LogP contribution in [0.1, 0.15) is 76.0 Å². The Morgan fingerprint density at radius 2 is 1.68 bits per heavy atom. The van der Waals surface area contributed by atoms with Crippen molar-refractivity contribution in [3.05, 3.63) is 53.9 Å². The molecule has 0 radical (unpaired) electrons. The van der Waals surface area contributed by atoms with Crippen LogP contribution in [0, 0.1) is 5.92 Å². The molecule has 1 aromatic heterocycles. The smallest absolute Gasteiger partial charge is 0.342 e. The third-order valence-electron chi connectivity index (χ3n) is 7.48. The van der Waals surface area contributed by atoms with Gasteiger partial charge in [-0.25, -0.2) is 0 Å². The number of benzene rings is 1. The highest BCUT2D eigenvalue weighted by Crippen LogP contribution is 2.37. The first-order chi connectivity index (χ1) is 17.4. The molecule has 2 fully saturated rings. The number of pyridine rings is 1. The van der Waals surface area contributed by atoms with Crippen LogP contribution >= 0.6 is 0 Å². The third-order valence-corrected chi connectivity index (χ3v) is 7.48. The Kier molecular flexibility index (Phi) is 7.92. The molecule has 0 bridgehead atoms. The van der Waals surface area contributed by atoms with E-state index >= 15 is 0 Å². The molecule has 200 valence electrons. The second-order valence-electron chi connectivity index (χ2n) is 10.8. The van der Waals surface area contributed by atoms with Gasteiger partial charge >= 0.3 is 6.18 Å². The number of likely N-dealkylation sites (tertiary alicyclic amines) is 1. The van der Waals surface area contributed by atoms with Crippen molar-refractivity contribution >= 4 is 11.8 Å². The van der Waals surface area contributed by atoms with E-state index in [1.807, 2.05) is 11.0 Å². The molecule has 37 heavy (non-hydrogen) atoms. The van der Waals surface area contributed by atoms with Crippen LogP contribution in [-0.2, 0) is 15.8 Å². The first kappa shape index (κ1) is 27.1. The maximum Gasteiger partial charge on any atom is 0.416 e. The Hall–Kier alpha value is -2.94. The number of nitrogens with zero attached hydrogens (tertiary/aromatic N) is 2. The van der Waals surface area contributed by atoms with Gasteiger partial charge < -0.3 is 16.0 Å². The lowest BCUT2D eigenvalue weighted by molar-refractivity contribution is -0.140.